The summed E-state index contributed by atoms with van der Waals surface area (Å²) >= 11 is 0. The van der Waals surface area contributed by atoms with Crippen LogP contribution in [0.2, 0.25) is 0 Å². The third-order valence-corrected chi connectivity index (χ3v) is 4.29. The Kier molecular flexibility index (Phi) is 4.00. The molecule has 0 fully saturated rings. The van der Waals surface area contributed by atoms with Crippen molar-refractivity contribution in [3.8, 4) is 0 Å². The van der Waals surface area contributed by atoms with Crippen LogP contribution in [0.5, 0.6) is 0 Å². The lowest BCUT2D eigenvalue weighted by Gasteiger charge is -2.45. The monoisotopic (exact) mass is 300 g/mol. The van der Waals surface area contributed by atoms with Crippen molar-refractivity contribution < 1.29 is 0 Å². The van der Waals surface area contributed by atoms with Crippen LogP contribution in [-0.2, 0) is 0 Å². The number of nitrogens with zero attached hydrogens (tertiary/aromatic N) is 4. The highest BCUT2D eigenvalue weighted by molar-refractivity contribution is 6.01. The Morgan fingerprint density at radius 1 is 1.45 bits per heavy atom. The molecule has 0 bridgehead atoms. The number of aliphatic imine (C=N–C) groups is 2. The SMILES string of the molecule is CCN=C1N=C(C)C2CC(c3ccn[nH]3)=CN(C(C)C)C2N1. The second-order valence-corrected chi connectivity index (χ2v) is 6.12. The Morgan fingerprint density at radius 2 is 2.27 bits per heavy atom. The van der Waals surface area contributed by atoms with Crippen LogP contribution < -0.4 is 5.32 Å². The third-order valence-electron chi connectivity index (χ3n) is 4.29. The van der Waals surface area contributed by atoms with Crippen LogP contribution in [0.4, 0.5) is 0 Å². The molecule has 2 N–H and O–H groups in total. The summed E-state index contributed by atoms with van der Waals surface area (Å²) in [6.07, 6.45) is 5.22. The van der Waals surface area contributed by atoms with E-state index in [0.29, 0.717) is 12.0 Å². The molecule has 0 radical (unpaired) electrons. The van der Waals surface area contributed by atoms with Gasteiger partial charge in [-0.05, 0) is 45.8 Å². The molecular formula is C16H24N6. The van der Waals surface area contributed by atoms with Gasteiger partial charge >= 0.3 is 0 Å². The maximum atomic E-state index is 4.64. The topological polar surface area (TPSA) is 68.7 Å². The van der Waals surface area contributed by atoms with Crippen molar-refractivity contribution in [3.63, 3.8) is 0 Å². The first-order chi connectivity index (χ1) is 10.6. The van der Waals surface area contributed by atoms with Crippen LogP contribution in [0.15, 0.2) is 28.4 Å². The summed E-state index contributed by atoms with van der Waals surface area (Å²) in [6, 6.07) is 2.42. The summed E-state index contributed by atoms with van der Waals surface area (Å²) in [7, 11) is 0. The normalized spacial score (nSPS) is 26.6. The fourth-order valence-corrected chi connectivity index (χ4v) is 3.15. The second kappa shape index (κ2) is 5.94. The van der Waals surface area contributed by atoms with E-state index in [9.17, 15) is 0 Å². The van der Waals surface area contributed by atoms with Gasteiger partial charge in [-0.3, -0.25) is 10.1 Å². The van der Waals surface area contributed by atoms with E-state index in [0.717, 1.165) is 30.3 Å². The molecule has 1 aromatic heterocycles. The maximum Gasteiger partial charge on any atom is 0.219 e. The highest BCUT2D eigenvalue weighted by atomic mass is 15.3. The first kappa shape index (κ1) is 14.8. The molecule has 0 amide bonds. The van der Waals surface area contributed by atoms with E-state index in [1.165, 1.54) is 5.57 Å². The minimum Gasteiger partial charge on any atom is -0.354 e. The van der Waals surface area contributed by atoms with Crippen LogP contribution >= 0.6 is 0 Å². The minimum absolute atomic E-state index is 0.217. The summed E-state index contributed by atoms with van der Waals surface area (Å²) in [6.45, 7) is 9.31. The van der Waals surface area contributed by atoms with E-state index < -0.39 is 0 Å². The number of aromatic nitrogens is 2. The van der Waals surface area contributed by atoms with Gasteiger partial charge < -0.3 is 10.2 Å². The average molecular weight is 300 g/mol. The number of hydrogen-bond donors (Lipinski definition) is 2. The molecular weight excluding hydrogens is 276 g/mol. The number of rotatable bonds is 3. The van der Waals surface area contributed by atoms with Crippen LogP contribution in [0.25, 0.3) is 5.57 Å². The number of nitrogens with one attached hydrogen (secondary N) is 2. The zero-order valence-electron chi connectivity index (χ0n) is 13.7. The molecule has 0 aliphatic carbocycles. The molecule has 0 saturated heterocycles. The molecule has 3 rings (SSSR count). The quantitative estimate of drug-likeness (QED) is 0.899. The predicted molar refractivity (Wildman–Crippen MR) is 89.7 cm³/mol. The Balaban J connectivity index is 1.97. The van der Waals surface area contributed by atoms with Crippen molar-refractivity contribution in [1.82, 2.24) is 20.4 Å². The molecule has 22 heavy (non-hydrogen) atoms. The summed E-state index contributed by atoms with van der Waals surface area (Å²) in [4.78, 5) is 11.5. The second-order valence-electron chi connectivity index (χ2n) is 6.12. The molecule has 2 atom stereocenters. The van der Waals surface area contributed by atoms with Gasteiger partial charge in [-0.2, -0.15) is 5.10 Å². The minimum atomic E-state index is 0.217. The molecule has 0 aromatic carbocycles. The van der Waals surface area contributed by atoms with E-state index in [1.807, 2.05) is 13.0 Å². The first-order valence-electron chi connectivity index (χ1n) is 7.94. The molecule has 0 saturated carbocycles. The lowest BCUT2D eigenvalue weighted by molar-refractivity contribution is 0.167. The van der Waals surface area contributed by atoms with Crippen LogP contribution in [0.3, 0.4) is 0 Å². The van der Waals surface area contributed by atoms with E-state index >= 15 is 0 Å². The molecule has 3 heterocycles. The molecule has 6 nitrogen and oxygen atoms in total. The average Bonchev–Trinajstić information content (AvgIpc) is 3.01. The van der Waals surface area contributed by atoms with E-state index in [1.54, 1.807) is 6.20 Å². The van der Waals surface area contributed by atoms with Crippen LogP contribution in [-0.4, -0.2) is 45.5 Å². The number of fused-ring (bicyclic) bond motifs is 1. The number of H-pyrrole nitrogens is 1. The van der Waals surface area contributed by atoms with Crippen molar-refractivity contribution in [2.45, 2.75) is 46.3 Å². The first-order valence-corrected chi connectivity index (χ1v) is 7.94. The molecule has 2 aliphatic rings. The lowest BCUT2D eigenvalue weighted by Crippen LogP contribution is -2.58. The molecule has 2 unspecified atom stereocenters. The van der Waals surface area contributed by atoms with Crippen LogP contribution in [0, 0.1) is 5.92 Å². The summed E-state index contributed by atoms with van der Waals surface area (Å²) < 4.78 is 0. The van der Waals surface area contributed by atoms with Gasteiger partial charge in [0.05, 0.1) is 5.69 Å². The van der Waals surface area contributed by atoms with Gasteiger partial charge in [0, 0.05) is 36.6 Å². The van der Waals surface area contributed by atoms with Crippen LogP contribution in [0.1, 0.15) is 39.8 Å². The Morgan fingerprint density at radius 3 is 2.91 bits per heavy atom. The van der Waals surface area contributed by atoms with Crippen molar-refractivity contribution in [1.29, 1.82) is 0 Å². The Bertz CT molecular complexity index is 611. The fraction of sp³-hybridized carbons (Fsp3) is 0.562. The molecule has 1 aromatic rings. The molecule has 118 valence electrons. The lowest BCUT2D eigenvalue weighted by atomic mass is 9.86. The van der Waals surface area contributed by atoms with Gasteiger partial charge in [-0.1, -0.05) is 0 Å². The summed E-state index contributed by atoms with van der Waals surface area (Å²) in [5, 5.41) is 10.7. The van der Waals surface area contributed by atoms with Crippen molar-refractivity contribution >= 4 is 17.2 Å². The highest BCUT2D eigenvalue weighted by Crippen LogP contribution is 2.34. The van der Waals surface area contributed by atoms with Crippen molar-refractivity contribution in [2.75, 3.05) is 6.54 Å². The largest absolute Gasteiger partial charge is 0.354 e. The van der Waals surface area contributed by atoms with Gasteiger partial charge in [0.1, 0.15) is 6.17 Å². The van der Waals surface area contributed by atoms with Gasteiger partial charge in [-0.15, -0.1) is 0 Å². The third kappa shape index (κ3) is 2.65. The molecule has 2 aliphatic heterocycles. The van der Waals surface area contributed by atoms with Gasteiger partial charge in [-0.25, -0.2) is 4.99 Å². The molecule has 6 heteroatoms. The van der Waals surface area contributed by atoms with Crippen molar-refractivity contribution in [2.24, 2.45) is 15.9 Å². The Hall–Kier alpha value is -2.11. The number of allylic oxidation sites excluding steroid dienone is 1. The van der Waals surface area contributed by atoms with Gasteiger partial charge in [0.25, 0.3) is 0 Å². The zero-order chi connectivity index (χ0) is 15.7. The van der Waals surface area contributed by atoms with E-state index in [2.05, 4.69) is 57.4 Å². The fourth-order valence-electron chi connectivity index (χ4n) is 3.15. The summed E-state index contributed by atoms with van der Waals surface area (Å²) in [5.41, 5.74) is 3.51. The summed E-state index contributed by atoms with van der Waals surface area (Å²) in [5.74, 6) is 1.10. The van der Waals surface area contributed by atoms with E-state index in [-0.39, 0.29) is 6.17 Å². The molecule has 0 spiro atoms. The number of hydrogen-bond acceptors (Lipinski definition) is 3. The zero-order valence-corrected chi connectivity index (χ0v) is 13.7. The van der Waals surface area contributed by atoms with E-state index in [4.69, 9.17) is 0 Å². The standard InChI is InChI=1S/C16H24N6/c1-5-17-16-19-11(4)13-8-12(14-6-7-18-21-14)9-22(10(2)3)15(13)20-16/h6-7,9-10,13,15H,5,8H2,1-4H3,(H,17,20)(H,18,21). The smallest absolute Gasteiger partial charge is 0.219 e. The highest BCUT2D eigenvalue weighted by Gasteiger charge is 2.37. The predicted octanol–water partition coefficient (Wildman–Crippen LogP) is 2.25. The van der Waals surface area contributed by atoms with Crippen molar-refractivity contribution in [3.05, 3.63) is 24.2 Å². The maximum absolute atomic E-state index is 4.64. The number of guanidine groups is 1. The number of aromatic amines is 1. The Labute approximate surface area is 131 Å². The van der Waals surface area contributed by atoms with Gasteiger partial charge in [0.15, 0.2) is 0 Å². The van der Waals surface area contributed by atoms with Gasteiger partial charge in [0.2, 0.25) is 5.96 Å².